The first-order chi connectivity index (χ1) is 14.8. The van der Waals surface area contributed by atoms with Crippen LogP contribution < -0.4 is 19.9 Å². The van der Waals surface area contributed by atoms with Gasteiger partial charge in [0.05, 0.1) is 42.1 Å². The third-order valence-electron chi connectivity index (χ3n) is 4.80. The fourth-order valence-corrected chi connectivity index (χ4v) is 4.56. The van der Waals surface area contributed by atoms with Crippen LogP contribution in [0.2, 0.25) is 5.02 Å². The van der Waals surface area contributed by atoms with Gasteiger partial charge in [-0.2, -0.15) is 0 Å². The average Bonchev–Trinajstić information content (AvgIpc) is 3.13. The van der Waals surface area contributed by atoms with Gasteiger partial charge < -0.3 is 15.2 Å². The molecule has 0 bridgehead atoms. The lowest BCUT2D eigenvalue weighted by Crippen LogP contribution is -2.13. The van der Waals surface area contributed by atoms with E-state index in [1.165, 1.54) is 38.5 Å². The molecule has 0 saturated carbocycles. The average molecular weight is 459 g/mol. The Labute approximate surface area is 184 Å². The van der Waals surface area contributed by atoms with E-state index in [4.69, 9.17) is 26.8 Å². The van der Waals surface area contributed by atoms with Gasteiger partial charge in [-0.05, 0) is 36.4 Å². The number of ether oxygens (including phenoxy) is 2. The lowest BCUT2D eigenvalue weighted by molar-refractivity contribution is 0.354. The Morgan fingerprint density at radius 2 is 1.81 bits per heavy atom. The molecule has 3 aromatic rings. The highest BCUT2D eigenvalue weighted by atomic mass is 35.5. The summed E-state index contributed by atoms with van der Waals surface area (Å²) in [7, 11) is -0.958. The van der Waals surface area contributed by atoms with Crippen molar-refractivity contribution >= 4 is 33.1 Å². The zero-order chi connectivity index (χ0) is 22.2. The van der Waals surface area contributed by atoms with E-state index < -0.39 is 10.0 Å². The van der Waals surface area contributed by atoms with Crippen LogP contribution >= 0.6 is 11.6 Å². The summed E-state index contributed by atoms with van der Waals surface area (Å²) in [6, 6.07) is 12.9. The minimum atomic E-state index is -3.87. The second-order valence-electron chi connectivity index (χ2n) is 6.72. The van der Waals surface area contributed by atoms with Gasteiger partial charge in [-0.3, -0.25) is 9.71 Å². The van der Waals surface area contributed by atoms with E-state index in [0.717, 1.165) is 5.56 Å². The molecule has 31 heavy (non-hydrogen) atoms. The minimum absolute atomic E-state index is 0.0281. The predicted octanol–water partition coefficient (Wildman–Crippen LogP) is 3.44. The smallest absolute Gasteiger partial charge is 0.262 e. The molecule has 0 amide bonds. The molecule has 2 aromatic carbocycles. The fraction of sp³-hybridized carbons (Fsp3) is 0.143. The number of hydrogen-bond donors (Lipinski definition) is 2. The molecule has 0 atom stereocenters. The Balaban J connectivity index is 1.62. The normalized spacial score (nSPS) is 12.8. The molecule has 160 valence electrons. The van der Waals surface area contributed by atoms with E-state index in [1.807, 2.05) is 12.1 Å². The summed E-state index contributed by atoms with van der Waals surface area (Å²) in [5, 5.41) is 0.341. The van der Waals surface area contributed by atoms with Crippen LogP contribution in [0.5, 0.6) is 11.5 Å². The van der Waals surface area contributed by atoms with E-state index in [0.29, 0.717) is 51.5 Å². The molecule has 0 fully saturated rings. The van der Waals surface area contributed by atoms with Crippen molar-refractivity contribution in [1.82, 2.24) is 4.98 Å². The number of rotatable bonds is 6. The van der Waals surface area contributed by atoms with Gasteiger partial charge in [0.25, 0.3) is 10.0 Å². The molecular weight excluding hydrogens is 440 g/mol. The Kier molecular flexibility index (Phi) is 5.47. The van der Waals surface area contributed by atoms with Crippen LogP contribution in [0.25, 0.3) is 11.3 Å². The van der Waals surface area contributed by atoms with Gasteiger partial charge in [-0.25, -0.2) is 13.4 Å². The highest BCUT2D eigenvalue weighted by molar-refractivity contribution is 7.92. The number of benzene rings is 2. The minimum Gasteiger partial charge on any atom is -0.493 e. The molecule has 0 unspecified atom stereocenters. The van der Waals surface area contributed by atoms with Gasteiger partial charge in [-0.1, -0.05) is 17.7 Å². The fourth-order valence-electron chi connectivity index (χ4n) is 3.22. The number of methoxy groups -OCH3 is 2. The van der Waals surface area contributed by atoms with Crippen LogP contribution in [-0.2, 0) is 16.6 Å². The largest absolute Gasteiger partial charge is 0.493 e. The van der Waals surface area contributed by atoms with Crippen LogP contribution in [0.4, 0.5) is 5.69 Å². The summed E-state index contributed by atoms with van der Waals surface area (Å²) >= 11 is 6.44. The number of pyridine rings is 1. The molecule has 0 spiro atoms. The summed E-state index contributed by atoms with van der Waals surface area (Å²) in [5.74, 6) is 1.14. The number of sulfonamides is 1. The number of aliphatic imine (C=N–C) groups is 1. The third kappa shape index (κ3) is 4.01. The van der Waals surface area contributed by atoms with Gasteiger partial charge in [0.1, 0.15) is 11.5 Å². The van der Waals surface area contributed by atoms with Crippen LogP contribution in [0.15, 0.2) is 58.4 Å². The molecule has 0 aliphatic carbocycles. The monoisotopic (exact) mass is 458 g/mol. The lowest BCUT2D eigenvalue weighted by atomic mass is 10.1. The number of nitrogens with one attached hydrogen (secondary N) is 1. The van der Waals surface area contributed by atoms with Crippen LogP contribution in [0.1, 0.15) is 11.3 Å². The maximum absolute atomic E-state index is 12.8. The third-order valence-corrected chi connectivity index (χ3v) is 6.50. The number of amidine groups is 1. The molecule has 2 heterocycles. The second kappa shape index (κ2) is 8.09. The van der Waals surface area contributed by atoms with Crippen LogP contribution in [0, 0.1) is 0 Å². The number of nitrogens with zero attached hydrogens (tertiary/aromatic N) is 2. The van der Waals surface area contributed by atoms with Gasteiger partial charge in [0, 0.05) is 17.2 Å². The maximum atomic E-state index is 12.8. The Bertz CT molecular complexity index is 1310. The van der Waals surface area contributed by atoms with Gasteiger partial charge >= 0.3 is 0 Å². The first-order valence-electron chi connectivity index (χ1n) is 9.17. The molecule has 3 N–H and O–H groups in total. The highest BCUT2D eigenvalue weighted by Gasteiger charge is 2.19. The number of nitrogens with two attached hydrogens (primary N) is 1. The number of halogens is 1. The molecule has 0 saturated heterocycles. The Hall–Kier alpha value is -3.30. The van der Waals surface area contributed by atoms with Gasteiger partial charge in [0.15, 0.2) is 11.5 Å². The molecular formula is C21H19ClN4O4S. The van der Waals surface area contributed by atoms with Crippen LogP contribution in [-0.4, -0.2) is 33.5 Å². The number of hydrogen-bond acceptors (Lipinski definition) is 7. The van der Waals surface area contributed by atoms with Crippen molar-refractivity contribution < 1.29 is 17.9 Å². The van der Waals surface area contributed by atoms with E-state index in [1.54, 1.807) is 12.1 Å². The number of aromatic nitrogens is 1. The van der Waals surface area contributed by atoms with E-state index in [-0.39, 0.29) is 4.90 Å². The van der Waals surface area contributed by atoms with Gasteiger partial charge in [0.2, 0.25) is 0 Å². The summed E-state index contributed by atoms with van der Waals surface area (Å²) < 4.78 is 38.5. The maximum Gasteiger partial charge on any atom is 0.262 e. The SMILES string of the molecule is COc1ccc(S(=O)(=O)Nc2ccc(-c3ccc4c(n3)C(N)=NC4)c(Cl)c2)cc1OC. The zero-order valence-corrected chi connectivity index (χ0v) is 18.3. The lowest BCUT2D eigenvalue weighted by Gasteiger charge is -2.13. The zero-order valence-electron chi connectivity index (χ0n) is 16.7. The molecule has 1 aromatic heterocycles. The molecule has 1 aliphatic rings. The Morgan fingerprint density at radius 1 is 1.03 bits per heavy atom. The van der Waals surface area contributed by atoms with Crippen molar-refractivity contribution in [2.45, 2.75) is 11.4 Å². The molecule has 0 radical (unpaired) electrons. The van der Waals surface area contributed by atoms with E-state index in [9.17, 15) is 8.42 Å². The highest BCUT2D eigenvalue weighted by Crippen LogP contribution is 2.33. The van der Waals surface area contributed by atoms with Crippen molar-refractivity contribution in [3.05, 3.63) is 64.8 Å². The van der Waals surface area contributed by atoms with Crippen molar-refractivity contribution in [3.63, 3.8) is 0 Å². The van der Waals surface area contributed by atoms with E-state index >= 15 is 0 Å². The molecule has 1 aliphatic heterocycles. The van der Waals surface area contributed by atoms with E-state index in [2.05, 4.69) is 14.7 Å². The summed E-state index contributed by atoms with van der Waals surface area (Å²) in [4.78, 5) is 8.75. The number of anilines is 1. The van der Waals surface area contributed by atoms with Gasteiger partial charge in [-0.15, -0.1) is 0 Å². The molecule has 4 rings (SSSR count). The molecule has 10 heteroatoms. The summed E-state index contributed by atoms with van der Waals surface area (Å²) in [6.07, 6.45) is 0. The van der Waals surface area contributed by atoms with Crippen molar-refractivity contribution in [2.75, 3.05) is 18.9 Å². The summed E-state index contributed by atoms with van der Waals surface area (Å²) in [6.45, 7) is 0.513. The standard InChI is InChI=1S/C21H19ClN4O4S/c1-29-18-8-5-14(10-19(18)30-2)31(27,28)26-13-4-6-15(16(22)9-13)17-7-3-12-11-24-21(23)20(12)25-17/h3-10,26H,11H2,1-2H3,(H2,23,24). The molecule has 8 nitrogen and oxygen atoms in total. The first-order valence-corrected chi connectivity index (χ1v) is 11.0. The quantitative estimate of drug-likeness (QED) is 0.584. The first kappa shape index (κ1) is 21.0. The number of fused-ring (bicyclic) bond motifs is 1. The van der Waals surface area contributed by atoms with Crippen LogP contribution in [0.3, 0.4) is 0 Å². The summed E-state index contributed by atoms with van der Waals surface area (Å²) in [5.41, 5.74) is 9.07. The predicted molar refractivity (Wildman–Crippen MR) is 119 cm³/mol. The second-order valence-corrected chi connectivity index (χ2v) is 8.81. The van der Waals surface area contributed by atoms with Crippen molar-refractivity contribution in [3.8, 4) is 22.8 Å². The van der Waals surface area contributed by atoms with Crippen molar-refractivity contribution in [1.29, 1.82) is 0 Å². The Morgan fingerprint density at radius 3 is 2.52 bits per heavy atom. The van der Waals surface area contributed by atoms with Crippen molar-refractivity contribution in [2.24, 2.45) is 10.7 Å². The topological polar surface area (TPSA) is 116 Å².